The number of methoxy groups -OCH3 is 1. The first kappa shape index (κ1) is 20.3. The third-order valence-corrected chi connectivity index (χ3v) is 6.77. The van der Waals surface area contributed by atoms with Gasteiger partial charge in [-0.2, -0.15) is 17.0 Å². The van der Waals surface area contributed by atoms with Gasteiger partial charge in [-0.1, -0.05) is 0 Å². The molecular weight excluding hydrogens is 374 g/mol. The van der Waals surface area contributed by atoms with Gasteiger partial charge in [-0.05, 0) is 26.0 Å². The van der Waals surface area contributed by atoms with Gasteiger partial charge in [-0.25, -0.2) is 4.79 Å². The maximum atomic E-state index is 12.9. The normalized spacial score (nSPS) is 26.2. The molecule has 2 aliphatic heterocycles. The molecule has 2 saturated heterocycles. The molecule has 2 fully saturated rings. The van der Waals surface area contributed by atoms with Gasteiger partial charge >= 0.3 is 5.97 Å². The van der Waals surface area contributed by atoms with Crippen LogP contribution in [0.15, 0.2) is 16.5 Å². The summed E-state index contributed by atoms with van der Waals surface area (Å²) in [6.07, 6.45) is -0.208. The van der Waals surface area contributed by atoms with Crippen LogP contribution in [0.25, 0.3) is 0 Å². The first-order valence-corrected chi connectivity index (χ1v) is 10.5. The van der Waals surface area contributed by atoms with Gasteiger partial charge in [-0.3, -0.25) is 4.90 Å². The lowest BCUT2D eigenvalue weighted by atomic mass is 10.3. The lowest BCUT2D eigenvalue weighted by Gasteiger charge is -2.40. The van der Waals surface area contributed by atoms with Gasteiger partial charge < -0.3 is 13.9 Å². The van der Waals surface area contributed by atoms with Gasteiger partial charge in [0.1, 0.15) is 5.76 Å². The van der Waals surface area contributed by atoms with Crippen LogP contribution in [-0.4, -0.2) is 86.5 Å². The van der Waals surface area contributed by atoms with Crippen LogP contribution in [-0.2, 0) is 26.2 Å². The van der Waals surface area contributed by atoms with Crippen LogP contribution in [0.2, 0.25) is 0 Å². The number of piperazine rings is 1. The number of hydrogen-bond donors (Lipinski definition) is 0. The highest BCUT2D eigenvalue weighted by molar-refractivity contribution is 7.86. The highest BCUT2D eigenvalue weighted by Crippen LogP contribution is 2.20. The maximum Gasteiger partial charge on any atom is 0.373 e. The van der Waals surface area contributed by atoms with E-state index in [9.17, 15) is 13.2 Å². The molecule has 0 aromatic carbocycles. The number of esters is 1. The van der Waals surface area contributed by atoms with Gasteiger partial charge in [-0.15, -0.1) is 0 Å². The average Bonchev–Trinajstić information content (AvgIpc) is 3.09. The third-order valence-electron chi connectivity index (χ3n) is 4.80. The van der Waals surface area contributed by atoms with Crippen molar-refractivity contribution < 1.29 is 27.1 Å². The summed E-state index contributed by atoms with van der Waals surface area (Å²) in [5.41, 5.74) is 0. The molecule has 0 radical (unpaired) electrons. The molecule has 0 bridgehead atoms. The van der Waals surface area contributed by atoms with Crippen LogP contribution in [0.1, 0.15) is 30.2 Å². The van der Waals surface area contributed by atoms with Crippen molar-refractivity contribution in [3.8, 4) is 0 Å². The molecular formula is C17H27N3O6S. The number of carbonyl (C=O) groups excluding carboxylic acids is 1. The number of furan rings is 1. The molecule has 0 unspecified atom stereocenters. The fraction of sp³-hybridized carbons (Fsp3) is 0.706. The van der Waals surface area contributed by atoms with Crippen molar-refractivity contribution in [2.75, 3.05) is 46.4 Å². The lowest BCUT2D eigenvalue weighted by Crippen LogP contribution is -2.56. The summed E-state index contributed by atoms with van der Waals surface area (Å²) in [4.78, 5) is 13.6. The number of carbonyl (C=O) groups is 1. The van der Waals surface area contributed by atoms with E-state index in [-0.39, 0.29) is 18.0 Å². The van der Waals surface area contributed by atoms with Crippen molar-refractivity contribution in [1.82, 2.24) is 13.5 Å². The van der Waals surface area contributed by atoms with E-state index in [1.165, 1.54) is 15.7 Å². The van der Waals surface area contributed by atoms with E-state index in [0.717, 1.165) is 0 Å². The van der Waals surface area contributed by atoms with E-state index in [1.807, 2.05) is 13.8 Å². The van der Waals surface area contributed by atoms with Crippen LogP contribution in [0.4, 0.5) is 0 Å². The molecule has 2 atom stereocenters. The molecule has 0 N–H and O–H groups in total. The Morgan fingerprint density at radius 3 is 2.33 bits per heavy atom. The monoisotopic (exact) mass is 401 g/mol. The van der Waals surface area contributed by atoms with Crippen molar-refractivity contribution in [3.63, 3.8) is 0 Å². The summed E-state index contributed by atoms with van der Waals surface area (Å²) >= 11 is 0. The van der Waals surface area contributed by atoms with Crippen molar-refractivity contribution in [2.24, 2.45) is 0 Å². The van der Waals surface area contributed by atoms with E-state index in [0.29, 0.717) is 51.6 Å². The topological polar surface area (TPSA) is 92.5 Å². The summed E-state index contributed by atoms with van der Waals surface area (Å²) in [7, 11) is -2.18. The van der Waals surface area contributed by atoms with Crippen LogP contribution in [0, 0.1) is 0 Å². The number of morpholine rings is 1. The number of nitrogens with zero attached hydrogens (tertiary/aromatic N) is 3. The summed E-state index contributed by atoms with van der Waals surface area (Å²) < 4.78 is 44.6. The quantitative estimate of drug-likeness (QED) is 0.665. The molecule has 2 aliphatic rings. The van der Waals surface area contributed by atoms with Crippen LogP contribution in [0.5, 0.6) is 0 Å². The largest absolute Gasteiger partial charge is 0.463 e. The molecule has 0 amide bonds. The van der Waals surface area contributed by atoms with Gasteiger partial charge in [0.2, 0.25) is 5.76 Å². The Hall–Kier alpha value is -1.46. The first-order chi connectivity index (χ1) is 12.8. The highest BCUT2D eigenvalue weighted by atomic mass is 32.2. The number of ether oxygens (including phenoxy) is 2. The average molecular weight is 401 g/mol. The Kier molecular flexibility index (Phi) is 6.21. The molecule has 0 spiro atoms. The molecule has 9 nitrogen and oxygen atoms in total. The maximum absolute atomic E-state index is 12.9. The lowest BCUT2D eigenvalue weighted by molar-refractivity contribution is -0.0457. The van der Waals surface area contributed by atoms with Crippen molar-refractivity contribution in [3.05, 3.63) is 23.7 Å². The zero-order chi connectivity index (χ0) is 19.6. The van der Waals surface area contributed by atoms with Crippen molar-refractivity contribution >= 4 is 16.2 Å². The second-order valence-corrected chi connectivity index (χ2v) is 8.94. The Morgan fingerprint density at radius 1 is 1.11 bits per heavy atom. The minimum Gasteiger partial charge on any atom is -0.463 e. The predicted molar refractivity (Wildman–Crippen MR) is 97.4 cm³/mol. The van der Waals surface area contributed by atoms with Gasteiger partial charge in [0.05, 0.1) is 25.9 Å². The van der Waals surface area contributed by atoms with E-state index in [1.54, 1.807) is 12.1 Å². The Bertz CT molecular complexity index is 746. The minimum absolute atomic E-state index is 0.104. The van der Waals surface area contributed by atoms with Crippen LogP contribution < -0.4 is 0 Å². The van der Waals surface area contributed by atoms with E-state index in [2.05, 4.69) is 9.64 Å². The number of hydrogen-bond acceptors (Lipinski definition) is 7. The second kappa shape index (κ2) is 8.27. The van der Waals surface area contributed by atoms with E-state index >= 15 is 0 Å². The molecule has 10 heteroatoms. The molecule has 0 saturated carbocycles. The molecule has 1 aromatic rings. The molecule has 152 valence electrons. The summed E-state index contributed by atoms with van der Waals surface area (Å²) in [5, 5.41) is 0. The standard InChI is InChI=1S/C17H27N3O6S/c1-13-10-20(11-14(2)25-13)27(22,23)19-8-6-18(7-9-19)12-15-4-5-16(26-15)17(21)24-3/h4-5,13-14H,6-12H2,1-3H3/t13-,14+. The third kappa shape index (κ3) is 4.69. The highest BCUT2D eigenvalue weighted by Gasteiger charge is 2.36. The first-order valence-electron chi connectivity index (χ1n) is 9.09. The predicted octanol–water partition coefficient (Wildman–Crippen LogP) is 0.538. The zero-order valence-electron chi connectivity index (χ0n) is 16.0. The number of rotatable bonds is 5. The Labute approximate surface area is 160 Å². The van der Waals surface area contributed by atoms with Gasteiger partial charge in [0.15, 0.2) is 0 Å². The summed E-state index contributed by atoms with van der Waals surface area (Å²) in [6, 6.07) is 3.33. The molecule has 27 heavy (non-hydrogen) atoms. The SMILES string of the molecule is COC(=O)c1ccc(CN2CCN(S(=O)(=O)N3C[C@@H](C)O[C@@H](C)C3)CC2)o1. The van der Waals surface area contributed by atoms with Crippen molar-refractivity contribution in [1.29, 1.82) is 0 Å². The molecule has 0 aliphatic carbocycles. The smallest absolute Gasteiger partial charge is 0.373 e. The van der Waals surface area contributed by atoms with Gasteiger partial charge in [0.25, 0.3) is 10.2 Å². The van der Waals surface area contributed by atoms with E-state index < -0.39 is 16.2 Å². The van der Waals surface area contributed by atoms with Crippen LogP contribution >= 0.6 is 0 Å². The fourth-order valence-electron chi connectivity index (χ4n) is 3.49. The summed E-state index contributed by atoms with van der Waals surface area (Å²) in [6.45, 7) is 7.12. The molecule has 3 heterocycles. The van der Waals surface area contributed by atoms with Crippen molar-refractivity contribution in [2.45, 2.75) is 32.6 Å². The Balaban J connectivity index is 1.55. The minimum atomic E-state index is -3.48. The van der Waals surface area contributed by atoms with Crippen LogP contribution in [0.3, 0.4) is 0 Å². The van der Waals surface area contributed by atoms with E-state index in [4.69, 9.17) is 9.15 Å². The zero-order valence-corrected chi connectivity index (χ0v) is 16.8. The Morgan fingerprint density at radius 2 is 1.74 bits per heavy atom. The van der Waals surface area contributed by atoms with Gasteiger partial charge in [0, 0.05) is 39.3 Å². The molecule has 1 aromatic heterocycles. The fourth-order valence-corrected chi connectivity index (χ4v) is 5.24. The second-order valence-electron chi connectivity index (χ2n) is 7.01. The summed E-state index contributed by atoms with van der Waals surface area (Å²) in [5.74, 6) is 0.318. The molecule has 3 rings (SSSR count).